The maximum Gasteiger partial charge on any atom is 0.313 e. The molecular formula is C13H18BrClFNO2. The summed E-state index contributed by atoms with van der Waals surface area (Å²) in [4.78, 5) is 11.8. The average Bonchev–Trinajstić information content (AvgIpc) is 2.30. The topological polar surface area (TPSA) is 52.3 Å². The first-order valence-corrected chi connectivity index (χ1v) is 6.26. The molecule has 1 rings (SSSR count). The number of halogens is 3. The van der Waals surface area contributed by atoms with Gasteiger partial charge in [-0.1, -0.05) is 15.9 Å². The highest BCUT2D eigenvalue weighted by Crippen LogP contribution is 2.40. The van der Waals surface area contributed by atoms with Gasteiger partial charge in [-0.15, -0.1) is 12.4 Å². The Morgan fingerprint density at radius 3 is 2.37 bits per heavy atom. The van der Waals surface area contributed by atoms with Gasteiger partial charge in [0.2, 0.25) is 0 Å². The third-order valence-electron chi connectivity index (χ3n) is 3.48. The number of benzene rings is 1. The lowest BCUT2D eigenvalue weighted by molar-refractivity contribution is -0.154. The Morgan fingerprint density at radius 1 is 1.37 bits per heavy atom. The van der Waals surface area contributed by atoms with Crippen molar-refractivity contribution in [3.8, 4) is 0 Å². The minimum atomic E-state index is -1.19. The van der Waals surface area contributed by atoms with Gasteiger partial charge in [0.05, 0.1) is 18.1 Å². The molecular weight excluding hydrogens is 337 g/mol. The zero-order valence-corrected chi connectivity index (χ0v) is 13.7. The molecule has 0 radical (unpaired) electrons. The van der Waals surface area contributed by atoms with E-state index < -0.39 is 22.7 Å². The number of rotatable bonds is 3. The summed E-state index contributed by atoms with van der Waals surface area (Å²) in [6.07, 6.45) is 0. The fourth-order valence-corrected chi connectivity index (χ4v) is 2.06. The quantitative estimate of drug-likeness (QED) is 0.847. The van der Waals surface area contributed by atoms with E-state index >= 15 is 0 Å². The van der Waals surface area contributed by atoms with Crippen LogP contribution in [0.1, 0.15) is 26.3 Å². The first-order chi connectivity index (χ1) is 8.14. The Labute approximate surface area is 127 Å². The largest absolute Gasteiger partial charge is 0.469 e. The van der Waals surface area contributed by atoms with E-state index in [-0.39, 0.29) is 18.0 Å². The van der Waals surface area contributed by atoms with Crippen molar-refractivity contribution in [3.63, 3.8) is 0 Å². The molecule has 0 aromatic heterocycles. The number of hydrogen-bond donors (Lipinski definition) is 1. The molecule has 2 N–H and O–H groups in total. The van der Waals surface area contributed by atoms with E-state index in [0.717, 1.165) is 0 Å². The molecule has 0 heterocycles. The van der Waals surface area contributed by atoms with Crippen LogP contribution in [-0.4, -0.2) is 13.1 Å². The van der Waals surface area contributed by atoms with Crippen molar-refractivity contribution in [2.45, 2.75) is 26.3 Å². The summed E-state index contributed by atoms with van der Waals surface area (Å²) >= 11 is 3.27. The molecule has 108 valence electrons. The molecule has 3 nitrogen and oxygen atoms in total. The van der Waals surface area contributed by atoms with E-state index in [0.29, 0.717) is 4.47 Å². The zero-order valence-electron chi connectivity index (χ0n) is 11.3. The monoisotopic (exact) mass is 353 g/mol. The first kappa shape index (κ1) is 18.4. The van der Waals surface area contributed by atoms with Crippen LogP contribution in [0.5, 0.6) is 0 Å². The van der Waals surface area contributed by atoms with Gasteiger partial charge in [-0.2, -0.15) is 0 Å². The normalized spacial score (nSPS) is 14.3. The SMILES string of the molecule is COC(=O)C(C)(C)[C@](C)(N)c1cc(Br)ccc1F.Cl. The Balaban J connectivity index is 0.00000324. The van der Waals surface area contributed by atoms with E-state index in [9.17, 15) is 9.18 Å². The Kier molecular flexibility index (Phi) is 5.99. The van der Waals surface area contributed by atoms with Crippen LogP contribution in [-0.2, 0) is 15.1 Å². The van der Waals surface area contributed by atoms with Crippen LogP contribution >= 0.6 is 28.3 Å². The molecule has 0 spiro atoms. The van der Waals surface area contributed by atoms with Gasteiger partial charge in [-0.05, 0) is 39.0 Å². The number of ether oxygens (including phenoxy) is 1. The highest BCUT2D eigenvalue weighted by Gasteiger charge is 2.47. The second-order valence-electron chi connectivity index (χ2n) is 4.94. The molecule has 0 aliphatic heterocycles. The fourth-order valence-electron chi connectivity index (χ4n) is 1.70. The highest BCUT2D eigenvalue weighted by molar-refractivity contribution is 9.10. The van der Waals surface area contributed by atoms with E-state index in [4.69, 9.17) is 10.5 Å². The molecule has 1 aromatic carbocycles. The molecule has 0 aliphatic carbocycles. The molecule has 19 heavy (non-hydrogen) atoms. The summed E-state index contributed by atoms with van der Waals surface area (Å²) < 4.78 is 19.4. The lowest BCUT2D eigenvalue weighted by Crippen LogP contribution is -2.52. The summed E-state index contributed by atoms with van der Waals surface area (Å²) in [6.45, 7) is 4.90. The molecule has 0 bridgehead atoms. The second-order valence-corrected chi connectivity index (χ2v) is 5.86. The third kappa shape index (κ3) is 3.27. The average molecular weight is 355 g/mol. The van der Waals surface area contributed by atoms with E-state index in [1.54, 1.807) is 32.9 Å². The van der Waals surface area contributed by atoms with Gasteiger partial charge in [0, 0.05) is 10.0 Å². The number of esters is 1. The maximum absolute atomic E-state index is 13.9. The van der Waals surface area contributed by atoms with E-state index in [1.807, 2.05) is 0 Å². The number of carbonyl (C=O) groups excluding carboxylic acids is 1. The molecule has 0 saturated carbocycles. The number of nitrogens with two attached hydrogens (primary N) is 1. The maximum atomic E-state index is 13.9. The molecule has 0 fully saturated rings. The van der Waals surface area contributed by atoms with Gasteiger partial charge >= 0.3 is 5.97 Å². The van der Waals surface area contributed by atoms with Crippen molar-refractivity contribution in [1.29, 1.82) is 0 Å². The van der Waals surface area contributed by atoms with Crippen LogP contribution in [0, 0.1) is 11.2 Å². The number of carbonyl (C=O) groups is 1. The number of hydrogen-bond acceptors (Lipinski definition) is 3. The van der Waals surface area contributed by atoms with Crippen LogP contribution in [0.2, 0.25) is 0 Å². The zero-order chi connectivity index (χ0) is 14.1. The Morgan fingerprint density at radius 2 is 1.89 bits per heavy atom. The van der Waals surface area contributed by atoms with Gasteiger partial charge in [-0.25, -0.2) is 4.39 Å². The lowest BCUT2D eigenvalue weighted by Gasteiger charge is -2.39. The summed E-state index contributed by atoms with van der Waals surface area (Å²) in [5.74, 6) is -0.924. The third-order valence-corrected chi connectivity index (χ3v) is 3.98. The molecule has 0 aliphatic rings. The molecule has 6 heteroatoms. The molecule has 1 atom stereocenters. The van der Waals surface area contributed by atoms with Crippen LogP contribution in [0.25, 0.3) is 0 Å². The fraction of sp³-hybridized carbons (Fsp3) is 0.462. The molecule has 0 amide bonds. The van der Waals surface area contributed by atoms with Gasteiger partial charge in [-0.3, -0.25) is 4.79 Å². The van der Waals surface area contributed by atoms with Gasteiger partial charge in [0.1, 0.15) is 5.82 Å². The predicted molar refractivity (Wildman–Crippen MR) is 78.7 cm³/mol. The van der Waals surface area contributed by atoms with Crippen LogP contribution < -0.4 is 5.73 Å². The lowest BCUT2D eigenvalue weighted by atomic mass is 9.70. The van der Waals surface area contributed by atoms with Crippen LogP contribution in [0.4, 0.5) is 4.39 Å². The summed E-state index contributed by atoms with van der Waals surface area (Å²) in [5, 5.41) is 0. The van der Waals surface area contributed by atoms with Crippen molar-refractivity contribution in [2.24, 2.45) is 11.1 Å². The second kappa shape index (κ2) is 6.20. The Bertz CT molecular complexity index is 478. The van der Waals surface area contributed by atoms with Crippen LogP contribution in [0.3, 0.4) is 0 Å². The van der Waals surface area contributed by atoms with E-state index in [2.05, 4.69) is 15.9 Å². The van der Waals surface area contributed by atoms with Crippen molar-refractivity contribution in [1.82, 2.24) is 0 Å². The number of methoxy groups -OCH3 is 1. The van der Waals surface area contributed by atoms with Crippen molar-refractivity contribution in [3.05, 3.63) is 34.1 Å². The summed E-state index contributed by atoms with van der Waals surface area (Å²) in [6, 6.07) is 4.48. The van der Waals surface area contributed by atoms with Crippen molar-refractivity contribution >= 4 is 34.3 Å². The minimum absolute atomic E-state index is 0. The summed E-state index contributed by atoms with van der Waals surface area (Å²) in [7, 11) is 1.29. The minimum Gasteiger partial charge on any atom is -0.469 e. The van der Waals surface area contributed by atoms with Gasteiger partial charge < -0.3 is 10.5 Å². The molecule has 0 saturated heterocycles. The first-order valence-electron chi connectivity index (χ1n) is 5.47. The molecule has 0 unspecified atom stereocenters. The van der Waals surface area contributed by atoms with E-state index in [1.165, 1.54) is 13.2 Å². The van der Waals surface area contributed by atoms with Gasteiger partial charge in [0.15, 0.2) is 0 Å². The predicted octanol–water partition coefficient (Wildman–Crippen LogP) is 3.38. The standard InChI is InChI=1S/C13H17BrFNO2.ClH/c1-12(2,11(17)18-4)13(3,16)9-7-8(14)5-6-10(9)15;/h5-7H,16H2,1-4H3;1H/t13-;/m1./s1. The van der Waals surface area contributed by atoms with Crippen molar-refractivity contribution in [2.75, 3.05) is 7.11 Å². The smallest absolute Gasteiger partial charge is 0.313 e. The summed E-state index contributed by atoms with van der Waals surface area (Å²) in [5.41, 5.74) is 4.23. The van der Waals surface area contributed by atoms with Gasteiger partial charge in [0.25, 0.3) is 0 Å². The highest BCUT2D eigenvalue weighted by atomic mass is 79.9. The van der Waals surface area contributed by atoms with Crippen LogP contribution in [0.15, 0.2) is 22.7 Å². The molecule has 1 aromatic rings. The Hall–Kier alpha value is -0.650. The van der Waals surface area contributed by atoms with Crippen molar-refractivity contribution < 1.29 is 13.9 Å².